The third-order valence-corrected chi connectivity index (χ3v) is 6.14. The van der Waals surface area contributed by atoms with Crippen LogP contribution in [0.15, 0.2) is 42.5 Å². The molecular formula is C22H25N3O3. The predicted molar refractivity (Wildman–Crippen MR) is 106 cm³/mol. The fraction of sp³-hybridized carbons (Fsp3) is 0.409. The largest absolute Gasteiger partial charge is 0.350 e. The average Bonchev–Trinajstić information content (AvgIpc) is 2.89. The van der Waals surface area contributed by atoms with E-state index >= 15 is 0 Å². The number of likely N-dealkylation sites (N-methyl/N-ethyl adjacent to an activating group) is 1. The van der Waals surface area contributed by atoms with Crippen LogP contribution >= 0.6 is 0 Å². The molecule has 1 saturated carbocycles. The number of carbonyl (C=O) groups is 3. The van der Waals surface area contributed by atoms with E-state index in [9.17, 15) is 14.4 Å². The Morgan fingerprint density at radius 2 is 1.75 bits per heavy atom. The molecule has 2 fully saturated rings. The van der Waals surface area contributed by atoms with Crippen molar-refractivity contribution in [1.29, 1.82) is 0 Å². The van der Waals surface area contributed by atoms with Gasteiger partial charge in [-0.2, -0.15) is 0 Å². The molecule has 1 saturated heterocycles. The lowest BCUT2D eigenvalue weighted by molar-refractivity contribution is -0.137. The van der Waals surface area contributed by atoms with Gasteiger partial charge < -0.3 is 10.2 Å². The van der Waals surface area contributed by atoms with Gasteiger partial charge in [-0.05, 0) is 29.2 Å². The molecule has 6 heteroatoms. The zero-order chi connectivity index (χ0) is 19.7. The molecule has 1 aliphatic heterocycles. The van der Waals surface area contributed by atoms with Gasteiger partial charge in [-0.1, -0.05) is 61.7 Å². The summed E-state index contributed by atoms with van der Waals surface area (Å²) < 4.78 is 0. The third-order valence-electron chi connectivity index (χ3n) is 6.14. The lowest BCUT2D eigenvalue weighted by Gasteiger charge is -2.35. The number of benzene rings is 2. The number of hydrogen-bond donors (Lipinski definition) is 1. The van der Waals surface area contributed by atoms with E-state index in [1.807, 2.05) is 42.5 Å². The number of imide groups is 1. The molecule has 28 heavy (non-hydrogen) atoms. The Balaban J connectivity index is 1.43. The standard InChI is InChI=1S/C22H25N3O3/c1-24-21(28)25(20(27)22(24)12-5-2-6-13-22)15-19(26)23-14-17-10-7-9-16-8-3-4-11-18(16)17/h3-4,7-11H,2,5-6,12-15H2,1H3,(H,23,26). The third kappa shape index (κ3) is 3.03. The summed E-state index contributed by atoms with van der Waals surface area (Å²) in [6, 6.07) is 13.6. The van der Waals surface area contributed by atoms with Crippen molar-refractivity contribution >= 4 is 28.6 Å². The highest BCUT2D eigenvalue weighted by Crippen LogP contribution is 2.39. The van der Waals surface area contributed by atoms with Crippen LogP contribution in [0.25, 0.3) is 10.8 Å². The van der Waals surface area contributed by atoms with Crippen LogP contribution in [0.3, 0.4) is 0 Å². The first kappa shape index (κ1) is 18.5. The highest BCUT2D eigenvalue weighted by molar-refractivity contribution is 6.09. The van der Waals surface area contributed by atoms with Crippen molar-refractivity contribution in [3.05, 3.63) is 48.0 Å². The monoisotopic (exact) mass is 379 g/mol. The van der Waals surface area contributed by atoms with E-state index in [1.165, 1.54) is 0 Å². The first-order valence-corrected chi connectivity index (χ1v) is 9.86. The van der Waals surface area contributed by atoms with Crippen LogP contribution in [0, 0.1) is 0 Å². The van der Waals surface area contributed by atoms with Crippen molar-refractivity contribution in [3.63, 3.8) is 0 Å². The summed E-state index contributed by atoms with van der Waals surface area (Å²) in [7, 11) is 1.68. The molecule has 1 heterocycles. The van der Waals surface area contributed by atoms with Crippen LogP contribution in [0.2, 0.25) is 0 Å². The molecule has 6 nitrogen and oxygen atoms in total. The summed E-state index contributed by atoms with van der Waals surface area (Å²) in [4.78, 5) is 40.8. The fourth-order valence-electron chi connectivity index (χ4n) is 4.51. The summed E-state index contributed by atoms with van der Waals surface area (Å²) in [5.41, 5.74) is 0.261. The summed E-state index contributed by atoms with van der Waals surface area (Å²) in [6.45, 7) is 0.131. The second-order valence-electron chi connectivity index (χ2n) is 7.74. The van der Waals surface area contributed by atoms with Gasteiger partial charge >= 0.3 is 6.03 Å². The lowest BCUT2D eigenvalue weighted by atomic mass is 9.81. The molecule has 4 amide bonds. The number of nitrogens with one attached hydrogen (secondary N) is 1. The number of urea groups is 1. The average molecular weight is 379 g/mol. The van der Waals surface area contributed by atoms with Gasteiger partial charge in [-0.15, -0.1) is 0 Å². The number of hydrogen-bond acceptors (Lipinski definition) is 3. The normalized spacial score (nSPS) is 18.9. The number of nitrogens with zero attached hydrogens (tertiary/aromatic N) is 2. The zero-order valence-corrected chi connectivity index (χ0v) is 16.1. The van der Waals surface area contributed by atoms with E-state index in [-0.39, 0.29) is 24.4 Å². The molecule has 0 atom stereocenters. The van der Waals surface area contributed by atoms with E-state index < -0.39 is 5.54 Å². The smallest absolute Gasteiger partial charge is 0.327 e. The number of rotatable bonds is 4. The first-order valence-electron chi connectivity index (χ1n) is 9.86. The number of amides is 4. The minimum absolute atomic E-state index is 0.222. The van der Waals surface area contributed by atoms with Gasteiger partial charge in [0.25, 0.3) is 5.91 Å². The Morgan fingerprint density at radius 3 is 2.54 bits per heavy atom. The molecule has 0 bridgehead atoms. The molecule has 4 rings (SSSR count). The fourth-order valence-corrected chi connectivity index (χ4v) is 4.51. The number of carbonyl (C=O) groups excluding carboxylic acids is 3. The van der Waals surface area contributed by atoms with Crippen LogP contribution in [-0.4, -0.2) is 46.8 Å². The molecule has 0 unspecified atom stereocenters. The van der Waals surface area contributed by atoms with Gasteiger partial charge in [0.2, 0.25) is 5.91 Å². The van der Waals surface area contributed by atoms with Gasteiger partial charge in [-0.3, -0.25) is 14.5 Å². The topological polar surface area (TPSA) is 69.7 Å². The Morgan fingerprint density at radius 1 is 1.04 bits per heavy atom. The second-order valence-corrected chi connectivity index (χ2v) is 7.74. The molecule has 1 spiro atoms. The van der Waals surface area contributed by atoms with Crippen molar-refractivity contribution in [2.75, 3.05) is 13.6 Å². The lowest BCUT2D eigenvalue weighted by Crippen LogP contribution is -2.49. The van der Waals surface area contributed by atoms with E-state index in [4.69, 9.17) is 0 Å². The van der Waals surface area contributed by atoms with E-state index in [1.54, 1.807) is 11.9 Å². The maximum absolute atomic E-state index is 13.0. The molecule has 0 radical (unpaired) electrons. The Hall–Kier alpha value is -2.89. The van der Waals surface area contributed by atoms with E-state index in [2.05, 4.69) is 5.32 Å². The highest BCUT2D eigenvalue weighted by Gasteiger charge is 2.55. The van der Waals surface area contributed by atoms with Gasteiger partial charge in [0, 0.05) is 13.6 Å². The maximum Gasteiger partial charge on any atom is 0.327 e. The van der Waals surface area contributed by atoms with Crippen LogP contribution in [0.4, 0.5) is 4.79 Å². The van der Waals surface area contributed by atoms with Crippen molar-refractivity contribution in [3.8, 4) is 0 Å². The predicted octanol–water partition coefficient (Wildman–Crippen LogP) is 3.05. The van der Waals surface area contributed by atoms with Gasteiger partial charge in [-0.25, -0.2) is 4.79 Å². The summed E-state index contributed by atoms with van der Waals surface area (Å²) in [5.74, 6) is -0.545. The van der Waals surface area contributed by atoms with Gasteiger partial charge in [0.1, 0.15) is 12.1 Å². The van der Waals surface area contributed by atoms with E-state index in [0.717, 1.165) is 40.5 Å². The Bertz CT molecular complexity index is 928. The van der Waals surface area contributed by atoms with E-state index in [0.29, 0.717) is 19.4 Å². The minimum atomic E-state index is -0.745. The SMILES string of the molecule is CN1C(=O)N(CC(=O)NCc2cccc3ccccc23)C(=O)C12CCCCC2. The van der Waals surface area contributed by atoms with Crippen LogP contribution in [0.5, 0.6) is 0 Å². The van der Waals surface area contributed by atoms with Crippen molar-refractivity contribution < 1.29 is 14.4 Å². The van der Waals surface area contributed by atoms with Crippen LogP contribution in [-0.2, 0) is 16.1 Å². The summed E-state index contributed by atoms with van der Waals surface area (Å²) in [6.07, 6.45) is 4.32. The Labute approximate surface area is 164 Å². The zero-order valence-electron chi connectivity index (χ0n) is 16.1. The van der Waals surface area contributed by atoms with Crippen molar-refractivity contribution in [2.45, 2.75) is 44.2 Å². The van der Waals surface area contributed by atoms with Crippen molar-refractivity contribution in [1.82, 2.24) is 15.1 Å². The molecule has 0 aromatic heterocycles. The molecule has 2 aliphatic rings. The molecular weight excluding hydrogens is 354 g/mol. The Kier molecular flexibility index (Phi) is 4.79. The summed E-state index contributed by atoms with van der Waals surface area (Å²) >= 11 is 0. The highest BCUT2D eigenvalue weighted by atomic mass is 16.2. The molecule has 1 aliphatic carbocycles. The van der Waals surface area contributed by atoms with Crippen molar-refractivity contribution in [2.24, 2.45) is 0 Å². The molecule has 2 aromatic carbocycles. The summed E-state index contributed by atoms with van der Waals surface area (Å²) in [5, 5.41) is 5.06. The second kappa shape index (κ2) is 7.26. The minimum Gasteiger partial charge on any atom is -0.350 e. The van der Waals surface area contributed by atoms with Gasteiger partial charge in [0.15, 0.2) is 0 Å². The first-order chi connectivity index (χ1) is 13.5. The van der Waals surface area contributed by atoms with Gasteiger partial charge in [0.05, 0.1) is 0 Å². The maximum atomic E-state index is 13.0. The van der Waals surface area contributed by atoms with Crippen LogP contribution in [0.1, 0.15) is 37.7 Å². The molecule has 2 aromatic rings. The molecule has 146 valence electrons. The van der Waals surface area contributed by atoms with Crippen LogP contribution < -0.4 is 5.32 Å². The molecule has 1 N–H and O–H groups in total. The quantitative estimate of drug-likeness (QED) is 0.830. The number of fused-ring (bicyclic) bond motifs is 1.